The monoisotopic (exact) mass is 472 g/mol. The van der Waals surface area contributed by atoms with E-state index < -0.39 is 0 Å². The number of aromatic nitrogens is 1. The molecule has 34 heavy (non-hydrogen) atoms. The van der Waals surface area contributed by atoms with E-state index in [4.69, 9.17) is 18.9 Å². The van der Waals surface area contributed by atoms with Crippen molar-refractivity contribution in [3.8, 4) is 11.5 Å². The fourth-order valence-corrected chi connectivity index (χ4v) is 4.95. The number of aryl methyl sites for hydroxylation is 1. The smallest absolute Gasteiger partial charge is 0.237 e. The van der Waals surface area contributed by atoms with Gasteiger partial charge in [0.25, 0.3) is 0 Å². The number of hydrogen-bond donors (Lipinski definition) is 1. The first-order valence-corrected chi connectivity index (χ1v) is 11.8. The lowest BCUT2D eigenvalue weighted by Gasteiger charge is -2.15. The van der Waals surface area contributed by atoms with Gasteiger partial charge in [0, 0.05) is 28.3 Å². The summed E-state index contributed by atoms with van der Waals surface area (Å²) in [5.41, 5.74) is 3.99. The highest BCUT2D eigenvalue weighted by molar-refractivity contribution is 8.00. The van der Waals surface area contributed by atoms with Crippen molar-refractivity contribution in [2.75, 3.05) is 19.5 Å². The number of amides is 1. The number of carbonyl (C=O) groups is 1. The standard InChI is InChI=1S/C27H24N2O4S/c1-15-11-26(28-21-12-17(31-3)9-10-18(15)21)34-16(2)27(30)29-22-14-24-20(13-25(22)32-4)19-7-5-6-8-23(19)33-24/h5-14,16H,1-4H3,(H,29,30)/t16-/m1/s1. The summed E-state index contributed by atoms with van der Waals surface area (Å²) in [7, 11) is 3.23. The molecule has 0 unspecified atom stereocenters. The SMILES string of the molecule is COc1ccc2c(C)cc(S[C@H](C)C(=O)Nc3cc4oc5ccccc5c4cc3OC)nc2c1. The molecular weight excluding hydrogens is 448 g/mol. The van der Waals surface area contributed by atoms with Gasteiger partial charge in [0.15, 0.2) is 0 Å². The van der Waals surface area contributed by atoms with Gasteiger partial charge >= 0.3 is 0 Å². The quantitative estimate of drug-likeness (QED) is 0.281. The third kappa shape index (κ3) is 4.03. The van der Waals surface area contributed by atoms with Crippen LogP contribution >= 0.6 is 11.8 Å². The zero-order chi connectivity index (χ0) is 23.8. The number of ether oxygens (including phenoxy) is 2. The van der Waals surface area contributed by atoms with Crippen molar-refractivity contribution in [2.24, 2.45) is 0 Å². The Kier molecular flexibility index (Phi) is 5.79. The van der Waals surface area contributed by atoms with Gasteiger partial charge in [-0.3, -0.25) is 4.79 Å². The van der Waals surface area contributed by atoms with Gasteiger partial charge in [-0.25, -0.2) is 4.98 Å². The maximum atomic E-state index is 13.1. The highest BCUT2D eigenvalue weighted by atomic mass is 32.2. The predicted octanol–water partition coefficient (Wildman–Crippen LogP) is 6.58. The third-order valence-corrected chi connectivity index (χ3v) is 6.84. The molecule has 5 rings (SSSR count). The molecule has 5 aromatic rings. The number of hydrogen-bond acceptors (Lipinski definition) is 6. The van der Waals surface area contributed by atoms with Gasteiger partial charge in [-0.1, -0.05) is 30.0 Å². The van der Waals surface area contributed by atoms with E-state index in [1.54, 1.807) is 14.2 Å². The largest absolute Gasteiger partial charge is 0.497 e. The minimum atomic E-state index is -0.383. The molecule has 0 aliphatic rings. The molecule has 0 saturated carbocycles. The van der Waals surface area contributed by atoms with E-state index >= 15 is 0 Å². The summed E-state index contributed by atoms with van der Waals surface area (Å²) < 4.78 is 16.9. The Bertz CT molecular complexity index is 1540. The summed E-state index contributed by atoms with van der Waals surface area (Å²) >= 11 is 1.41. The number of methoxy groups -OCH3 is 2. The van der Waals surface area contributed by atoms with Gasteiger partial charge in [0.1, 0.15) is 22.7 Å². The summed E-state index contributed by atoms with van der Waals surface area (Å²) in [6.07, 6.45) is 0. The van der Waals surface area contributed by atoms with Crippen LogP contribution in [-0.2, 0) is 4.79 Å². The average Bonchev–Trinajstić information content (AvgIpc) is 3.20. The molecule has 0 spiro atoms. The van der Waals surface area contributed by atoms with Crippen molar-refractivity contribution in [2.45, 2.75) is 24.1 Å². The second-order valence-corrected chi connectivity index (χ2v) is 9.42. The lowest BCUT2D eigenvalue weighted by atomic mass is 10.1. The number of nitrogens with one attached hydrogen (secondary N) is 1. The Balaban J connectivity index is 1.40. The first-order valence-electron chi connectivity index (χ1n) is 10.9. The summed E-state index contributed by atoms with van der Waals surface area (Å²) in [5.74, 6) is 1.18. The predicted molar refractivity (Wildman–Crippen MR) is 137 cm³/mol. The molecule has 1 atom stereocenters. The van der Waals surface area contributed by atoms with Gasteiger partial charge in [-0.2, -0.15) is 0 Å². The van der Waals surface area contributed by atoms with Crippen molar-refractivity contribution in [3.63, 3.8) is 0 Å². The topological polar surface area (TPSA) is 73.6 Å². The van der Waals surface area contributed by atoms with E-state index in [0.717, 1.165) is 43.6 Å². The summed E-state index contributed by atoms with van der Waals surface area (Å²) in [6.45, 7) is 3.90. The Labute approximate surface area is 201 Å². The molecule has 2 aromatic heterocycles. The number of thioether (sulfide) groups is 1. The van der Waals surface area contributed by atoms with E-state index in [1.165, 1.54) is 11.8 Å². The van der Waals surface area contributed by atoms with Crippen LogP contribution in [0, 0.1) is 6.92 Å². The van der Waals surface area contributed by atoms with E-state index in [1.807, 2.05) is 74.5 Å². The van der Waals surface area contributed by atoms with Crippen molar-refractivity contribution in [1.82, 2.24) is 4.98 Å². The Hall–Kier alpha value is -3.71. The molecule has 6 nitrogen and oxygen atoms in total. The maximum Gasteiger partial charge on any atom is 0.237 e. The van der Waals surface area contributed by atoms with Crippen LogP contribution < -0.4 is 14.8 Å². The van der Waals surface area contributed by atoms with Crippen molar-refractivity contribution >= 4 is 56.2 Å². The molecule has 0 bridgehead atoms. The van der Waals surface area contributed by atoms with Gasteiger partial charge in [-0.05, 0) is 49.7 Å². The van der Waals surface area contributed by atoms with Gasteiger partial charge < -0.3 is 19.2 Å². The number of pyridine rings is 1. The zero-order valence-electron chi connectivity index (χ0n) is 19.3. The molecule has 172 valence electrons. The van der Waals surface area contributed by atoms with Crippen LogP contribution in [0.1, 0.15) is 12.5 Å². The second kappa shape index (κ2) is 8.91. The van der Waals surface area contributed by atoms with E-state index in [2.05, 4.69) is 5.32 Å². The molecule has 7 heteroatoms. The van der Waals surface area contributed by atoms with Gasteiger partial charge in [0.05, 0.1) is 35.7 Å². The number of rotatable bonds is 6. The molecule has 1 N–H and O–H groups in total. The number of fused-ring (bicyclic) bond motifs is 4. The van der Waals surface area contributed by atoms with Crippen LogP contribution in [0.15, 0.2) is 70.1 Å². The Morgan fingerprint density at radius 2 is 1.79 bits per heavy atom. The average molecular weight is 473 g/mol. The van der Waals surface area contributed by atoms with Crippen LogP contribution in [0.25, 0.3) is 32.8 Å². The Morgan fingerprint density at radius 1 is 0.971 bits per heavy atom. The first-order chi connectivity index (χ1) is 16.5. The van der Waals surface area contributed by atoms with Crippen molar-refractivity contribution in [3.05, 3.63) is 66.2 Å². The van der Waals surface area contributed by atoms with Crippen LogP contribution in [0.5, 0.6) is 11.5 Å². The maximum absolute atomic E-state index is 13.1. The number of nitrogens with zero attached hydrogens (tertiary/aromatic N) is 1. The van der Waals surface area contributed by atoms with Crippen molar-refractivity contribution < 1.29 is 18.7 Å². The molecule has 0 aliphatic carbocycles. The zero-order valence-corrected chi connectivity index (χ0v) is 20.2. The first kappa shape index (κ1) is 22.1. The highest BCUT2D eigenvalue weighted by Gasteiger charge is 2.19. The fraction of sp³-hybridized carbons (Fsp3) is 0.185. The van der Waals surface area contributed by atoms with E-state index in [0.29, 0.717) is 17.0 Å². The molecule has 0 aliphatic heterocycles. The summed E-state index contributed by atoms with van der Waals surface area (Å²) in [4.78, 5) is 17.8. The highest BCUT2D eigenvalue weighted by Crippen LogP contribution is 2.37. The van der Waals surface area contributed by atoms with Crippen molar-refractivity contribution in [1.29, 1.82) is 0 Å². The fourth-order valence-electron chi connectivity index (χ4n) is 4.03. The van der Waals surface area contributed by atoms with Crippen LogP contribution in [-0.4, -0.2) is 30.4 Å². The Morgan fingerprint density at radius 3 is 2.59 bits per heavy atom. The van der Waals surface area contributed by atoms with Crippen LogP contribution in [0.3, 0.4) is 0 Å². The van der Waals surface area contributed by atoms with E-state index in [9.17, 15) is 4.79 Å². The molecule has 3 aromatic carbocycles. The number of benzene rings is 3. The summed E-state index contributed by atoms with van der Waals surface area (Å²) in [5, 5.41) is 6.40. The molecule has 0 fully saturated rings. The van der Waals surface area contributed by atoms with Gasteiger partial charge in [-0.15, -0.1) is 0 Å². The number of furan rings is 1. The number of para-hydroxylation sites is 1. The normalized spacial score (nSPS) is 12.2. The molecule has 0 radical (unpaired) electrons. The third-order valence-electron chi connectivity index (χ3n) is 5.82. The number of carbonyl (C=O) groups excluding carboxylic acids is 1. The minimum Gasteiger partial charge on any atom is -0.497 e. The lowest BCUT2D eigenvalue weighted by Crippen LogP contribution is -2.22. The van der Waals surface area contributed by atoms with E-state index in [-0.39, 0.29) is 11.2 Å². The van der Waals surface area contributed by atoms with Crippen LogP contribution in [0.4, 0.5) is 5.69 Å². The van der Waals surface area contributed by atoms with Crippen LogP contribution in [0.2, 0.25) is 0 Å². The molecule has 1 amide bonds. The molecule has 2 heterocycles. The second-order valence-electron chi connectivity index (χ2n) is 8.06. The molecule has 0 saturated heterocycles. The minimum absolute atomic E-state index is 0.149. The molecular formula is C27H24N2O4S. The summed E-state index contributed by atoms with van der Waals surface area (Å²) in [6, 6.07) is 19.4. The van der Waals surface area contributed by atoms with Gasteiger partial charge in [0.2, 0.25) is 5.91 Å². The lowest BCUT2D eigenvalue weighted by molar-refractivity contribution is -0.115. The number of anilines is 1.